The standard InChI is InChI=1S/C18H19BrN2/c19-17-11-16(8-5-14(17)12-20-15-6-7-15)21-10-9-13-3-1-2-4-18(13)21/h1-5,8,11,15,20H,6-7,9-10,12H2. The second-order valence-electron chi connectivity index (χ2n) is 5.96. The third kappa shape index (κ3) is 2.72. The van der Waals surface area contributed by atoms with Crippen molar-refractivity contribution >= 4 is 27.3 Å². The summed E-state index contributed by atoms with van der Waals surface area (Å²) in [4.78, 5) is 2.41. The van der Waals surface area contributed by atoms with Gasteiger partial charge in [0.15, 0.2) is 0 Å². The number of hydrogen-bond acceptors (Lipinski definition) is 2. The summed E-state index contributed by atoms with van der Waals surface area (Å²) < 4.78 is 1.21. The van der Waals surface area contributed by atoms with E-state index >= 15 is 0 Å². The van der Waals surface area contributed by atoms with Gasteiger partial charge in [0.25, 0.3) is 0 Å². The maximum atomic E-state index is 3.74. The fourth-order valence-electron chi connectivity index (χ4n) is 3.00. The number of nitrogens with zero attached hydrogens (tertiary/aromatic N) is 1. The van der Waals surface area contributed by atoms with E-state index in [1.807, 2.05) is 0 Å². The zero-order valence-corrected chi connectivity index (χ0v) is 13.6. The Morgan fingerprint density at radius 1 is 1.14 bits per heavy atom. The van der Waals surface area contributed by atoms with Crippen molar-refractivity contribution in [2.45, 2.75) is 31.8 Å². The predicted octanol–water partition coefficient (Wildman–Crippen LogP) is 4.40. The van der Waals surface area contributed by atoms with Crippen molar-refractivity contribution in [3.8, 4) is 0 Å². The molecule has 4 rings (SSSR count). The molecule has 21 heavy (non-hydrogen) atoms. The summed E-state index contributed by atoms with van der Waals surface area (Å²) in [5, 5.41) is 3.57. The van der Waals surface area contributed by atoms with Crippen LogP contribution in [0.25, 0.3) is 0 Å². The Balaban J connectivity index is 1.57. The van der Waals surface area contributed by atoms with Gasteiger partial charge in [-0.1, -0.05) is 40.2 Å². The third-order valence-corrected chi connectivity index (χ3v) is 5.13. The van der Waals surface area contributed by atoms with Gasteiger partial charge in [-0.25, -0.2) is 0 Å². The van der Waals surface area contributed by atoms with Crippen LogP contribution in [0.3, 0.4) is 0 Å². The molecule has 2 aliphatic rings. The highest BCUT2D eigenvalue weighted by atomic mass is 79.9. The number of rotatable bonds is 4. The van der Waals surface area contributed by atoms with Crippen LogP contribution in [0.5, 0.6) is 0 Å². The lowest BCUT2D eigenvalue weighted by molar-refractivity contribution is 0.686. The molecule has 0 amide bonds. The first-order valence-corrected chi connectivity index (χ1v) is 8.48. The molecule has 0 atom stereocenters. The molecule has 1 heterocycles. The van der Waals surface area contributed by atoms with Crippen LogP contribution >= 0.6 is 15.9 Å². The number of halogens is 1. The van der Waals surface area contributed by atoms with Gasteiger partial charge in [-0.2, -0.15) is 0 Å². The van der Waals surface area contributed by atoms with Crippen LogP contribution in [0.1, 0.15) is 24.0 Å². The molecule has 0 radical (unpaired) electrons. The lowest BCUT2D eigenvalue weighted by Crippen LogP contribution is -2.16. The summed E-state index contributed by atoms with van der Waals surface area (Å²) in [6, 6.07) is 16.2. The van der Waals surface area contributed by atoms with E-state index in [4.69, 9.17) is 0 Å². The summed E-state index contributed by atoms with van der Waals surface area (Å²) in [5.41, 5.74) is 5.43. The smallest absolute Gasteiger partial charge is 0.0444 e. The predicted molar refractivity (Wildman–Crippen MR) is 91.2 cm³/mol. The monoisotopic (exact) mass is 342 g/mol. The first-order chi connectivity index (χ1) is 10.3. The van der Waals surface area contributed by atoms with Crippen molar-refractivity contribution < 1.29 is 0 Å². The Kier molecular flexibility index (Phi) is 3.48. The average Bonchev–Trinajstić information content (AvgIpc) is 3.23. The Bertz CT molecular complexity index is 664. The lowest BCUT2D eigenvalue weighted by Gasteiger charge is -2.20. The molecular formula is C18H19BrN2. The topological polar surface area (TPSA) is 15.3 Å². The molecule has 0 aromatic heterocycles. The molecule has 1 aliphatic carbocycles. The Morgan fingerprint density at radius 3 is 2.81 bits per heavy atom. The van der Waals surface area contributed by atoms with Gasteiger partial charge < -0.3 is 10.2 Å². The fraction of sp³-hybridized carbons (Fsp3) is 0.333. The Labute approximate surface area is 134 Å². The summed E-state index contributed by atoms with van der Waals surface area (Å²) >= 11 is 3.74. The van der Waals surface area contributed by atoms with Gasteiger partial charge in [-0.15, -0.1) is 0 Å². The largest absolute Gasteiger partial charge is 0.341 e. The third-order valence-electron chi connectivity index (χ3n) is 4.39. The highest BCUT2D eigenvalue weighted by molar-refractivity contribution is 9.10. The summed E-state index contributed by atoms with van der Waals surface area (Å²) in [6.45, 7) is 2.04. The van der Waals surface area contributed by atoms with E-state index in [0.717, 1.165) is 25.6 Å². The van der Waals surface area contributed by atoms with Gasteiger partial charge >= 0.3 is 0 Å². The van der Waals surface area contributed by atoms with Gasteiger partial charge in [-0.3, -0.25) is 0 Å². The van der Waals surface area contributed by atoms with E-state index in [1.54, 1.807) is 0 Å². The summed E-state index contributed by atoms with van der Waals surface area (Å²) in [6.07, 6.45) is 3.80. The van der Waals surface area contributed by atoms with Crippen molar-refractivity contribution in [2.75, 3.05) is 11.4 Å². The minimum absolute atomic E-state index is 0.752. The molecule has 3 heteroatoms. The van der Waals surface area contributed by atoms with Gasteiger partial charge in [-0.05, 0) is 48.6 Å². The maximum Gasteiger partial charge on any atom is 0.0444 e. The molecule has 0 spiro atoms. The highest BCUT2D eigenvalue weighted by Gasteiger charge is 2.22. The van der Waals surface area contributed by atoms with Crippen LogP contribution in [-0.4, -0.2) is 12.6 Å². The summed E-state index contributed by atoms with van der Waals surface area (Å²) in [7, 11) is 0. The first kappa shape index (κ1) is 13.4. The van der Waals surface area contributed by atoms with Crippen LogP contribution in [0.15, 0.2) is 46.9 Å². The van der Waals surface area contributed by atoms with Gasteiger partial charge in [0, 0.05) is 35.0 Å². The molecule has 0 unspecified atom stereocenters. The average molecular weight is 343 g/mol. The van der Waals surface area contributed by atoms with Gasteiger partial charge in [0.2, 0.25) is 0 Å². The molecule has 0 bridgehead atoms. The fourth-order valence-corrected chi connectivity index (χ4v) is 3.50. The minimum atomic E-state index is 0.752. The van der Waals surface area contributed by atoms with Crippen LogP contribution in [0.2, 0.25) is 0 Å². The molecular weight excluding hydrogens is 324 g/mol. The van der Waals surface area contributed by atoms with Crippen LogP contribution in [-0.2, 0) is 13.0 Å². The number of benzene rings is 2. The summed E-state index contributed by atoms with van der Waals surface area (Å²) in [5.74, 6) is 0. The van der Waals surface area contributed by atoms with Crippen molar-refractivity contribution in [1.29, 1.82) is 0 Å². The second-order valence-corrected chi connectivity index (χ2v) is 6.82. The molecule has 1 fully saturated rings. The van der Waals surface area contributed by atoms with E-state index in [0.29, 0.717) is 0 Å². The maximum absolute atomic E-state index is 3.74. The second kappa shape index (κ2) is 5.47. The highest BCUT2D eigenvalue weighted by Crippen LogP contribution is 2.36. The van der Waals surface area contributed by atoms with E-state index in [9.17, 15) is 0 Å². The number of anilines is 2. The molecule has 1 N–H and O–H groups in total. The molecule has 2 aromatic rings. The molecule has 108 valence electrons. The zero-order valence-electron chi connectivity index (χ0n) is 12.0. The molecule has 1 saturated carbocycles. The van der Waals surface area contributed by atoms with Crippen molar-refractivity contribution in [3.63, 3.8) is 0 Å². The van der Waals surface area contributed by atoms with Crippen LogP contribution in [0, 0.1) is 0 Å². The van der Waals surface area contributed by atoms with E-state index in [1.165, 1.54) is 39.8 Å². The van der Waals surface area contributed by atoms with Crippen molar-refractivity contribution in [2.24, 2.45) is 0 Å². The molecule has 2 aromatic carbocycles. The van der Waals surface area contributed by atoms with Gasteiger partial charge in [0.05, 0.1) is 0 Å². The SMILES string of the molecule is Brc1cc(N2CCc3ccccc32)ccc1CNC1CC1. The van der Waals surface area contributed by atoms with Crippen molar-refractivity contribution in [1.82, 2.24) is 5.32 Å². The number of fused-ring (bicyclic) bond motifs is 1. The van der Waals surface area contributed by atoms with E-state index in [-0.39, 0.29) is 0 Å². The minimum Gasteiger partial charge on any atom is -0.341 e. The lowest BCUT2D eigenvalue weighted by atomic mass is 10.1. The molecule has 0 saturated heterocycles. The quantitative estimate of drug-likeness (QED) is 0.885. The van der Waals surface area contributed by atoms with E-state index in [2.05, 4.69) is 68.6 Å². The Morgan fingerprint density at radius 2 is 2.00 bits per heavy atom. The number of para-hydroxylation sites is 1. The van der Waals surface area contributed by atoms with Crippen LogP contribution in [0.4, 0.5) is 11.4 Å². The van der Waals surface area contributed by atoms with Gasteiger partial charge in [0.1, 0.15) is 0 Å². The number of hydrogen-bond donors (Lipinski definition) is 1. The number of nitrogens with one attached hydrogen (secondary N) is 1. The van der Waals surface area contributed by atoms with E-state index < -0.39 is 0 Å². The Hall–Kier alpha value is -1.32. The molecule has 2 nitrogen and oxygen atoms in total. The van der Waals surface area contributed by atoms with Crippen LogP contribution < -0.4 is 10.2 Å². The normalized spacial score (nSPS) is 17.1. The first-order valence-electron chi connectivity index (χ1n) is 7.68. The molecule has 1 aliphatic heterocycles. The van der Waals surface area contributed by atoms with Crippen molar-refractivity contribution in [3.05, 3.63) is 58.1 Å². The zero-order chi connectivity index (χ0) is 14.2.